The van der Waals surface area contributed by atoms with Crippen molar-refractivity contribution in [3.8, 4) is 11.5 Å². The lowest BCUT2D eigenvalue weighted by Gasteiger charge is -2.12. The average Bonchev–Trinajstić information content (AvgIpc) is 2.71. The van der Waals surface area contributed by atoms with E-state index < -0.39 is 0 Å². The summed E-state index contributed by atoms with van der Waals surface area (Å²) in [4.78, 5) is 12.5. The summed E-state index contributed by atoms with van der Waals surface area (Å²) in [6.45, 7) is 0.763. The minimum absolute atomic E-state index is 0.108. The topological polar surface area (TPSA) is 47.6 Å². The highest BCUT2D eigenvalue weighted by Crippen LogP contribution is 2.18. The molecule has 0 spiro atoms. The molecule has 0 aliphatic rings. The van der Waals surface area contributed by atoms with Crippen molar-refractivity contribution in [1.29, 1.82) is 0 Å². The summed E-state index contributed by atoms with van der Waals surface area (Å²) < 4.78 is 25.0. The van der Waals surface area contributed by atoms with E-state index in [-0.39, 0.29) is 18.3 Å². The summed E-state index contributed by atoms with van der Waals surface area (Å²) in [5, 5.41) is 2.72. The number of ether oxygens (including phenoxy) is 2. The van der Waals surface area contributed by atoms with E-state index in [0.29, 0.717) is 30.1 Å². The van der Waals surface area contributed by atoms with Gasteiger partial charge in [-0.05, 0) is 30.3 Å². The first-order valence-electron chi connectivity index (χ1n) is 8.65. The second kappa shape index (κ2) is 9.38. The minimum Gasteiger partial charge on any atom is -0.490 e. The highest BCUT2D eigenvalue weighted by molar-refractivity contribution is 5.96. The standard InChI is InChI=1S/C22H20FNO3/c23-20-12-6-4-8-17(20)16-24-22(25)19-11-5-7-13-21(19)27-15-14-26-18-9-2-1-3-10-18/h1-13H,14-16H2,(H,24,25). The molecule has 0 saturated carbocycles. The number of amides is 1. The lowest BCUT2D eigenvalue weighted by Crippen LogP contribution is -2.24. The molecule has 138 valence electrons. The molecular formula is C22H20FNO3. The Balaban J connectivity index is 1.55. The second-order valence-electron chi connectivity index (χ2n) is 5.78. The molecule has 1 N–H and O–H groups in total. The van der Waals surface area contributed by atoms with Crippen molar-refractivity contribution < 1.29 is 18.7 Å². The minimum atomic E-state index is -0.347. The molecule has 3 aromatic rings. The second-order valence-corrected chi connectivity index (χ2v) is 5.78. The van der Waals surface area contributed by atoms with E-state index in [0.717, 1.165) is 5.75 Å². The third-order valence-electron chi connectivity index (χ3n) is 3.88. The highest BCUT2D eigenvalue weighted by atomic mass is 19.1. The predicted octanol–water partition coefficient (Wildman–Crippen LogP) is 4.21. The van der Waals surface area contributed by atoms with Crippen molar-refractivity contribution in [3.63, 3.8) is 0 Å². The fourth-order valence-electron chi connectivity index (χ4n) is 2.52. The number of hydrogen-bond acceptors (Lipinski definition) is 3. The van der Waals surface area contributed by atoms with Gasteiger partial charge in [0.1, 0.15) is 30.5 Å². The largest absolute Gasteiger partial charge is 0.490 e. The van der Waals surface area contributed by atoms with Gasteiger partial charge >= 0.3 is 0 Å². The Morgan fingerprint density at radius 1 is 0.815 bits per heavy atom. The molecule has 0 bridgehead atoms. The molecule has 0 heterocycles. The Labute approximate surface area is 157 Å². The SMILES string of the molecule is O=C(NCc1ccccc1F)c1ccccc1OCCOc1ccccc1. The van der Waals surface area contributed by atoms with Crippen LogP contribution in [0.2, 0.25) is 0 Å². The van der Waals surface area contributed by atoms with Crippen molar-refractivity contribution in [2.24, 2.45) is 0 Å². The maximum Gasteiger partial charge on any atom is 0.255 e. The summed E-state index contributed by atoms with van der Waals surface area (Å²) in [6.07, 6.45) is 0. The number of rotatable bonds is 8. The molecule has 1 amide bonds. The molecule has 0 aliphatic heterocycles. The lowest BCUT2D eigenvalue weighted by atomic mass is 10.1. The first-order chi connectivity index (χ1) is 13.2. The molecule has 0 aliphatic carbocycles. The van der Waals surface area contributed by atoms with Crippen LogP contribution in [0.1, 0.15) is 15.9 Å². The van der Waals surface area contributed by atoms with Gasteiger partial charge in [-0.25, -0.2) is 4.39 Å². The van der Waals surface area contributed by atoms with Crippen LogP contribution in [0.4, 0.5) is 4.39 Å². The van der Waals surface area contributed by atoms with Gasteiger partial charge in [0.15, 0.2) is 0 Å². The first kappa shape index (κ1) is 18.5. The van der Waals surface area contributed by atoms with E-state index in [1.54, 1.807) is 42.5 Å². The third kappa shape index (κ3) is 5.31. The van der Waals surface area contributed by atoms with Gasteiger partial charge in [0.25, 0.3) is 5.91 Å². The summed E-state index contributed by atoms with van der Waals surface area (Å²) in [5.41, 5.74) is 0.828. The van der Waals surface area contributed by atoms with Gasteiger partial charge in [-0.15, -0.1) is 0 Å². The Bertz CT molecular complexity index is 883. The molecule has 5 heteroatoms. The maximum atomic E-state index is 13.7. The van der Waals surface area contributed by atoms with Crippen LogP contribution in [-0.2, 0) is 6.54 Å². The molecule has 0 saturated heterocycles. The molecule has 27 heavy (non-hydrogen) atoms. The Hall–Kier alpha value is -3.34. The summed E-state index contributed by atoms with van der Waals surface area (Å²) in [7, 11) is 0. The van der Waals surface area contributed by atoms with Crippen LogP contribution in [-0.4, -0.2) is 19.1 Å². The first-order valence-corrected chi connectivity index (χ1v) is 8.65. The number of nitrogens with one attached hydrogen (secondary N) is 1. The van der Waals surface area contributed by atoms with Gasteiger partial charge in [0.2, 0.25) is 0 Å². The van der Waals surface area contributed by atoms with Crippen LogP contribution >= 0.6 is 0 Å². The van der Waals surface area contributed by atoms with Crippen LogP contribution in [0, 0.1) is 5.82 Å². The van der Waals surface area contributed by atoms with Crippen molar-refractivity contribution in [3.05, 3.63) is 95.8 Å². The van der Waals surface area contributed by atoms with Gasteiger partial charge in [0.05, 0.1) is 5.56 Å². The number of benzene rings is 3. The molecule has 3 rings (SSSR count). The van der Waals surface area contributed by atoms with Gasteiger partial charge in [-0.3, -0.25) is 4.79 Å². The zero-order valence-corrected chi connectivity index (χ0v) is 14.7. The molecule has 0 fully saturated rings. The molecule has 0 radical (unpaired) electrons. The number of hydrogen-bond donors (Lipinski definition) is 1. The smallest absolute Gasteiger partial charge is 0.255 e. The maximum absolute atomic E-state index is 13.7. The van der Waals surface area contributed by atoms with E-state index in [1.807, 2.05) is 30.3 Å². The van der Waals surface area contributed by atoms with Gasteiger partial charge < -0.3 is 14.8 Å². The average molecular weight is 365 g/mol. The summed E-state index contributed by atoms with van der Waals surface area (Å²) in [6, 6.07) is 22.7. The van der Waals surface area contributed by atoms with E-state index in [1.165, 1.54) is 6.07 Å². The Morgan fingerprint density at radius 2 is 1.48 bits per heavy atom. The molecule has 4 nitrogen and oxygen atoms in total. The summed E-state index contributed by atoms with van der Waals surface area (Å²) in [5.74, 6) is 0.551. The summed E-state index contributed by atoms with van der Waals surface area (Å²) >= 11 is 0. The number of halogens is 1. The van der Waals surface area contributed by atoms with E-state index in [9.17, 15) is 9.18 Å². The monoisotopic (exact) mass is 365 g/mol. The van der Waals surface area contributed by atoms with Crippen LogP contribution in [0.25, 0.3) is 0 Å². The van der Waals surface area contributed by atoms with E-state index in [2.05, 4.69) is 5.32 Å². The number of carbonyl (C=O) groups excluding carboxylic acids is 1. The zero-order chi connectivity index (χ0) is 18.9. The molecule has 0 atom stereocenters. The van der Waals surface area contributed by atoms with Crippen LogP contribution < -0.4 is 14.8 Å². The fourth-order valence-corrected chi connectivity index (χ4v) is 2.52. The van der Waals surface area contributed by atoms with Gasteiger partial charge in [-0.1, -0.05) is 48.5 Å². The normalized spacial score (nSPS) is 10.3. The number of carbonyl (C=O) groups is 1. The lowest BCUT2D eigenvalue weighted by molar-refractivity contribution is 0.0945. The quantitative estimate of drug-likeness (QED) is 0.608. The van der Waals surface area contributed by atoms with Crippen LogP contribution in [0.3, 0.4) is 0 Å². The fraction of sp³-hybridized carbons (Fsp3) is 0.136. The van der Waals surface area contributed by atoms with Gasteiger partial charge in [-0.2, -0.15) is 0 Å². The molecule has 3 aromatic carbocycles. The van der Waals surface area contributed by atoms with E-state index >= 15 is 0 Å². The van der Waals surface area contributed by atoms with Crippen LogP contribution in [0.5, 0.6) is 11.5 Å². The molecular weight excluding hydrogens is 345 g/mol. The van der Waals surface area contributed by atoms with Crippen molar-refractivity contribution in [1.82, 2.24) is 5.32 Å². The van der Waals surface area contributed by atoms with Gasteiger partial charge in [0, 0.05) is 12.1 Å². The van der Waals surface area contributed by atoms with Crippen molar-refractivity contribution in [2.45, 2.75) is 6.54 Å². The van der Waals surface area contributed by atoms with E-state index in [4.69, 9.17) is 9.47 Å². The zero-order valence-electron chi connectivity index (χ0n) is 14.7. The Kier molecular flexibility index (Phi) is 6.41. The third-order valence-corrected chi connectivity index (χ3v) is 3.88. The van der Waals surface area contributed by atoms with Crippen molar-refractivity contribution >= 4 is 5.91 Å². The number of para-hydroxylation sites is 2. The molecule has 0 unspecified atom stereocenters. The van der Waals surface area contributed by atoms with Crippen molar-refractivity contribution in [2.75, 3.05) is 13.2 Å². The molecule has 0 aromatic heterocycles. The van der Waals surface area contributed by atoms with Crippen LogP contribution in [0.15, 0.2) is 78.9 Å². The highest BCUT2D eigenvalue weighted by Gasteiger charge is 2.12. The predicted molar refractivity (Wildman–Crippen MR) is 101 cm³/mol. The Morgan fingerprint density at radius 3 is 2.30 bits per heavy atom.